The van der Waals surface area contributed by atoms with Crippen LogP contribution in [0.15, 0.2) is 42.1 Å². The van der Waals surface area contributed by atoms with Gasteiger partial charge in [0.25, 0.3) is 0 Å². The van der Waals surface area contributed by atoms with Gasteiger partial charge in [0.05, 0.1) is 18.3 Å². The van der Waals surface area contributed by atoms with Crippen molar-refractivity contribution in [3.63, 3.8) is 0 Å². The van der Waals surface area contributed by atoms with Crippen LogP contribution in [-0.4, -0.2) is 45.3 Å². The number of carbonyl (C=O) groups excluding carboxylic acids is 1. The Kier molecular flexibility index (Phi) is 6.18. The lowest BCUT2D eigenvalue weighted by Crippen LogP contribution is -2.42. The molecule has 4 rings (SSSR count). The minimum Gasteiger partial charge on any atom is -0.329 e. The monoisotopic (exact) mass is 414 g/mol. The molecule has 2 aromatic rings. The second-order valence-corrected chi connectivity index (χ2v) is 8.51. The zero-order valence-electron chi connectivity index (χ0n) is 16.4. The number of rotatable bonds is 7. The van der Waals surface area contributed by atoms with Crippen molar-refractivity contribution in [1.29, 1.82) is 0 Å². The maximum atomic E-state index is 14.6. The molecule has 154 valence electrons. The summed E-state index contributed by atoms with van der Waals surface area (Å²) in [5, 5.41) is 4.63. The summed E-state index contributed by atoms with van der Waals surface area (Å²) in [6.07, 6.45) is 6.58. The predicted octanol–water partition coefficient (Wildman–Crippen LogP) is 3.09. The van der Waals surface area contributed by atoms with Crippen LogP contribution in [0.2, 0.25) is 0 Å². The van der Waals surface area contributed by atoms with Gasteiger partial charge in [0.2, 0.25) is 0 Å². The Morgan fingerprint density at radius 3 is 2.83 bits per heavy atom. The van der Waals surface area contributed by atoms with Crippen LogP contribution >= 0.6 is 12.6 Å². The lowest BCUT2D eigenvalue weighted by Gasteiger charge is -2.37. The fourth-order valence-corrected chi connectivity index (χ4v) is 4.25. The second kappa shape index (κ2) is 8.81. The molecule has 5 nitrogen and oxygen atoms in total. The molecule has 0 amide bonds. The number of aromatic nitrogens is 2. The zero-order valence-corrected chi connectivity index (χ0v) is 17.3. The normalized spacial score (nSPS) is 22.7. The minimum absolute atomic E-state index is 0.0627. The van der Waals surface area contributed by atoms with Crippen molar-refractivity contribution in [2.45, 2.75) is 37.1 Å². The number of nitrogens with zero attached hydrogens (tertiary/aromatic N) is 3. The third kappa shape index (κ3) is 4.63. The van der Waals surface area contributed by atoms with E-state index >= 15 is 0 Å². The summed E-state index contributed by atoms with van der Waals surface area (Å²) >= 11 is 4.75. The molecule has 0 radical (unpaired) electrons. The van der Waals surface area contributed by atoms with Crippen molar-refractivity contribution in [3.8, 4) is 0 Å². The number of hydrogen-bond donors (Lipinski definition) is 2. The number of halogens is 1. The number of Topliss-reactive ketones (excluding diaryl/α,β-unsaturated/α-hetero) is 1. The molecule has 29 heavy (non-hydrogen) atoms. The van der Waals surface area contributed by atoms with Crippen molar-refractivity contribution in [2.75, 3.05) is 19.6 Å². The predicted molar refractivity (Wildman–Crippen MR) is 115 cm³/mol. The van der Waals surface area contributed by atoms with E-state index < -0.39 is 6.04 Å². The number of ketones is 1. The summed E-state index contributed by atoms with van der Waals surface area (Å²) in [6.45, 7) is 2.50. The Balaban J connectivity index is 1.60. The molecule has 1 saturated heterocycles. The van der Waals surface area contributed by atoms with Crippen LogP contribution < -0.4 is 5.73 Å². The SMILES string of the molecule is NCCn1ccc(/C=C2/CN(C(C(=O)C3CC3)c3ccccc3F)CCC2S)n1. The van der Waals surface area contributed by atoms with Gasteiger partial charge < -0.3 is 5.73 Å². The molecule has 7 heteroatoms. The van der Waals surface area contributed by atoms with E-state index in [1.807, 2.05) is 23.0 Å². The first-order chi connectivity index (χ1) is 14.1. The average Bonchev–Trinajstić information content (AvgIpc) is 3.47. The van der Waals surface area contributed by atoms with Crippen LogP contribution in [0.5, 0.6) is 0 Å². The fraction of sp³-hybridized carbons (Fsp3) is 0.455. The largest absolute Gasteiger partial charge is 0.329 e. The Morgan fingerprint density at radius 2 is 2.10 bits per heavy atom. The Hall–Kier alpha value is -1.96. The van der Waals surface area contributed by atoms with E-state index in [-0.39, 0.29) is 22.8 Å². The number of carbonyl (C=O) groups is 1. The molecule has 1 aliphatic heterocycles. The molecule has 1 aromatic heterocycles. The number of hydrogen-bond acceptors (Lipinski definition) is 5. The first kappa shape index (κ1) is 20.3. The van der Waals surface area contributed by atoms with Gasteiger partial charge in [0.1, 0.15) is 5.82 Å². The maximum Gasteiger partial charge on any atom is 0.157 e. The van der Waals surface area contributed by atoms with Crippen LogP contribution in [0, 0.1) is 11.7 Å². The van der Waals surface area contributed by atoms with Gasteiger partial charge in [-0.2, -0.15) is 17.7 Å². The van der Waals surface area contributed by atoms with Crippen LogP contribution in [0.25, 0.3) is 6.08 Å². The van der Waals surface area contributed by atoms with Gasteiger partial charge in [0.15, 0.2) is 5.78 Å². The molecule has 2 unspecified atom stereocenters. The van der Waals surface area contributed by atoms with Crippen molar-refractivity contribution < 1.29 is 9.18 Å². The molecule has 0 bridgehead atoms. The highest BCUT2D eigenvalue weighted by Gasteiger charge is 2.40. The summed E-state index contributed by atoms with van der Waals surface area (Å²) in [4.78, 5) is 15.2. The summed E-state index contributed by atoms with van der Waals surface area (Å²) < 4.78 is 16.4. The zero-order chi connectivity index (χ0) is 20.4. The molecule has 2 N–H and O–H groups in total. The Morgan fingerprint density at radius 1 is 1.31 bits per heavy atom. The molecular formula is C22H27FN4OS. The van der Waals surface area contributed by atoms with E-state index in [0.29, 0.717) is 31.7 Å². The quantitative estimate of drug-likeness (QED) is 0.684. The van der Waals surface area contributed by atoms with Gasteiger partial charge in [-0.1, -0.05) is 18.2 Å². The smallest absolute Gasteiger partial charge is 0.157 e. The van der Waals surface area contributed by atoms with E-state index in [1.165, 1.54) is 6.07 Å². The van der Waals surface area contributed by atoms with Gasteiger partial charge in [-0.25, -0.2) is 4.39 Å². The number of nitrogens with two attached hydrogens (primary N) is 1. The van der Waals surface area contributed by atoms with E-state index in [9.17, 15) is 9.18 Å². The molecule has 1 saturated carbocycles. The summed E-state index contributed by atoms with van der Waals surface area (Å²) in [5.41, 5.74) is 8.03. The Bertz CT molecular complexity index is 908. The van der Waals surface area contributed by atoms with Crippen LogP contribution in [0.1, 0.15) is 36.6 Å². The summed E-state index contributed by atoms with van der Waals surface area (Å²) in [7, 11) is 0. The fourth-order valence-electron chi connectivity index (χ4n) is 3.97. The van der Waals surface area contributed by atoms with Crippen molar-refractivity contribution in [1.82, 2.24) is 14.7 Å². The highest BCUT2D eigenvalue weighted by atomic mass is 32.1. The van der Waals surface area contributed by atoms with Crippen LogP contribution in [-0.2, 0) is 11.3 Å². The van der Waals surface area contributed by atoms with E-state index in [2.05, 4.69) is 10.00 Å². The van der Waals surface area contributed by atoms with E-state index in [0.717, 1.165) is 30.5 Å². The topological polar surface area (TPSA) is 64.2 Å². The molecule has 1 aliphatic carbocycles. The highest BCUT2D eigenvalue weighted by Crippen LogP contribution is 2.39. The van der Waals surface area contributed by atoms with E-state index in [1.54, 1.807) is 18.2 Å². The van der Waals surface area contributed by atoms with Gasteiger partial charge in [-0.3, -0.25) is 14.4 Å². The lowest BCUT2D eigenvalue weighted by atomic mass is 9.93. The van der Waals surface area contributed by atoms with Crippen molar-refractivity contribution in [2.24, 2.45) is 11.7 Å². The van der Waals surface area contributed by atoms with Gasteiger partial charge >= 0.3 is 0 Å². The summed E-state index contributed by atoms with van der Waals surface area (Å²) in [6, 6.07) is 8.06. The number of piperidine rings is 1. The second-order valence-electron chi connectivity index (χ2n) is 7.89. The van der Waals surface area contributed by atoms with Crippen LogP contribution in [0.3, 0.4) is 0 Å². The highest BCUT2D eigenvalue weighted by molar-refractivity contribution is 7.81. The molecule has 0 spiro atoms. The molecule has 2 aliphatic rings. The first-order valence-electron chi connectivity index (χ1n) is 10.2. The molecule has 2 fully saturated rings. The van der Waals surface area contributed by atoms with Gasteiger partial charge in [-0.15, -0.1) is 0 Å². The number of likely N-dealkylation sites (tertiary alicyclic amines) is 1. The molecule has 1 aromatic carbocycles. The average molecular weight is 415 g/mol. The maximum absolute atomic E-state index is 14.6. The van der Waals surface area contributed by atoms with Crippen molar-refractivity contribution >= 4 is 24.5 Å². The number of benzene rings is 1. The first-order valence-corrected chi connectivity index (χ1v) is 10.7. The third-order valence-corrected chi connectivity index (χ3v) is 6.26. The standard InChI is InChI=1S/C22H27FN4OS/c23-19-4-2-1-3-18(19)21(22(28)15-5-6-15)26-10-8-20(29)16(14-26)13-17-7-11-27(25-17)12-9-24/h1-4,7,11,13,15,20-21,29H,5-6,8-10,12,14,24H2/b16-13-. The summed E-state index contributed by atoms with van der Waals surface area (Å²) in [5.74, 6) is -0.113. The van der Waals surface area contributed by atoms with E-state index in [4.69, 9.17) is 18.4 Å². The minimum atomic E-state index is -0.539. The Labute approximate surface area is 176 Å². The third-order valence-electron chi connectivity index (χ3n) is 5.67. The molecule has 2 heterocycles. The lowest BCUT2D eigenvalue weighted by molar-refractivity contribution is -0.126. The molecule has 2 atom stereocenters. The van der Waals surface area contributed by atoms with Crippen molar-refractivity contribution in [3.05, 3.63) is 59.2 Å². The molecular weight excluding hydrogens is 387 g/mol. The van der Waals surface area contributed by atoms with Gasteiger partial charge in [0, 0.05) is 42.6 Å². The van der Waals surface area contributed by atoms with Gasteiger partial charge in [-0.05, 0) is 43.0 Å². The van der Waals surface area contributed by atoms with Crippen LogP contribution in [0.4, 0.5) is 4.39 Å². The number of thiol groups is 1.